The molecule has 17 heavy (non-hydrogen) atoms. The Bertz CT molecular complexity index is 537. The third-order valence-electron chi connectivity index (χ3n) is 2.28. The van der Waals surface area contributed by atoms with Gasteiger partial charge in [0, 0.05) is 16.8 Å². The minimum atomic E-state index is -0.195. The number of aromatic nitrogens is 1. The number of anilines is 1. The Labute approximate surface area is 104 Å². The van der Waals surface area contributed by atoms with E-state index in [0.29, 0.717) is 16.4 Å². The van der Waals surface area contributed by atoms with E-state index in [1.54, 1.807) is 30.5 Å². The summed E-state index contributed by atoms with van der Waals surface area (Å²) in [5.41, 5.74) is 1.71. The van der Waals surface area contributed by atoms with E-state index in [1.807, 2.05) is 19.1 Å². The third kappa shape index (κ3) is 3.04. The molecule has 0 aliphatic carbocycles. The molecule has 0 spiro atoms. The van der Waals surface area contributed by atoms with Gasteiger partial charge in [0.05, 0.1) is 0 Å². The maximum atomic E-state index is 11.8. The molecule has 2 aromatic rings. The molecule has 0 saturated heterocycles. The van der Waals surface area contributed by atoms with Crippen molar-refractivity contribution >= 4 is 23.3 Å². The Morgan fingerprint density at radius 2 is 1.94 bits per heavy atom. The topological polar surface area (TPSA) is 42.0 Å². The quantitative estimate of drug-likeness (QED) is 0.884. The van der Waals surface area contributed by atoms with Crippen molar-refractivity contribution in [3.63, 3.8) is 0 Å². The van der Waals surface area contributed by atoms with Gasteiger partial charge in [0.1, 0.15) is 5.82 Å². The summed E-state index contributed by atoms with van der Waals surface area (Å²) in [6, 6.07) is 10.6. The molecular weight excluding hydrogens is 236 g/mol. The zero-order valence-corrected chi connectivity index (χ0v) is 10.0. The first-order chi connectivity index (χ1) is 8.15. The van der Waals surface area contributed by atoms with Crippen molar-refractivity contribution in [2.24, 2.45) is 0 Å². The van der Waals surface area contributed by atoms with Gasteiger partial charge in [-0.1, -0.05) is 29.3 Å². The van der Waals surface area contributed by atoms with E-state index in [4.69, 9.17) is 11.6 Å². The van der Waals surface area contributed by atoms with Gasteiger partial charge in [-0.15, -0.1) is 0 Å². The van der Waals surface area contributed by atoms with E-state index >= 15 is 0 Å². The van der Waals surface area contributed by atoms with Crippen LogP contribution in [0.4, 0.5) is 5.82 Å². The second-order valence-electron chi connectivity index (χ2n) is 3.68. The minimum Gasteiger partial charge on any atom is -0.307 e. The average Bonchev–Trinajstić information content (AvgIpc) is 2.29. The molecule has 1 heterocycles. The molecule has 2 rings (SSSR count). The van der Waals surface area contributed by atoms with Crippen molar-refractivity contribution in [2.75, 3.05) is 5.32 Å². The number of nitrogens with zero attached hydrogens (tertiary/aromatic N) is 1. The number of nitrogens with one attached hydrogen (secondary N) is 1. The summed E-state index contributed by atoms with van der Waals surface area (Å²) in [5, 5.41) is 3.22. The first-order valence-corrected chi connectivity index (χ1v) is 5.52. The highest BCUT2D eigenvalue weighted by atomic mass is 35.5. The number of halogens is 1. The lowest BCUT2D eigenvalue weighted by Crippen LogP contribution is -2.12. The van der Waals surface area contributed by atoms with Crippen molar-refractivity contribution < 1.29 is 4.79 Å². The zero-order valence-electron chi connectivity index (χ0n) is 9.27. The van der Waals surface area contributed by atoms with E-state index in [9.17, 15) is 4.79 Å². The predicted octanol–water partition coefficient (Wildman–Crippen LogP) is 3.30. The third-order valence-corrected chi connectivity index (χ3v) is 2.51. The number of hydrogen-bond donors (Lipinski definition) is 1. The van der Waals surface area contributed by atoms with E-state index in [0.717, 1.165) is 5.56 Å². The van der Waals surface area contributed by atoms with Crippen LogP contribution in [0.2, 0.25) is 5.02 Å². The molecule has 86 valence electrons. The van der Waals surface area contributed by atoms with Gasteiger partial charge in [-0.25, -0.2) is 4.98 Å². The van der Waals surface area contributed by atoms with Gasteiger partial charge in [-0.05, 0) is 31.2 Å². The van der Waals surface area contributed by atoms with E-state index < -0.39 is 0 Å². The average molecular weight is 247 g/mol. The molecule has 1 N–H and O–H groups in total. The number of carbonyl (C=O) groups is 1. The van der Waals surface area contributed by atoms with Crippen LogP contribution in [-0.2, 0) is 0 Å². The van der Waals surface area contributed by atoms with Crippen molar-refractivity contribution in [3.8, 4) is 0 Å². The van der Waals surface area contributed by atoms with Gasteiger partial charge < -0.3 is 5.32 Å². The SMILES string of the molecule is Cc1ccc(C(=O)Nc2cc(Cl)ccn2)cc1. The number of pyridine rings is 1. The van der Waals surface area contributed by atoms with Crippen LogP contribution in [0.1, 0.15) is 15.9 Å². The number of carbonyl (C=O) groups excluding carboxylic acids is 1. The van der Waals surface area contributed by atoms with Crippen LogP contribution < -0.4 is 5.32 Å². The van der Waals surface area contributed by atoms with Crippen LogP contribution in [0.15, 0.2) is 42.6 Å². The lowest BCUT2D eigenvalue weighted by Gasteiger charge is -2.04. The lowest BCUT2D eigenvalue weighted by atomic mass is 10.1. The molecule has 0 aliphatic rings. The molecule has 0 fully saturated rings. The molecule has 1 aromatic heterocycles. The zero-order chi connectivity index (χ0) is 12.3. The Kier molecular flexibility index (Phi) is 3.40. The largest absolute Gasteiger partial charge is 0.307 e. The summed E-state index contributed by atoms with van der Waals surface area (Å²) in [6.45, 7) is 1.97. The van der Waals surface area contributed by atoms with Crippen LogP contribution in [0.25, 0.3) is 0 Å². The molecule has 0 unspecified atom stereocenters. The molecule has 3 nitrogen and oxygen atoms in total. The van der Waals surface area contributed by atoms with Crippen LogP contribution in [0.5, 0.6) is 0 Å². The molecule has 4 heteroatoms. The molecule has 0 radical (unpaired) electrons. The molecule has 0 saturated carbocycles. The molecule has 1 aromatic carbocycles. The Morgan fingerprint density at radius 1 is 1.24 bits per heavy atom. The van der Waals surface area contributed by atoms with E-state index in [2.05, 4.69) is 10.3 Å². The summed E-state index contributed by atoms with van der Waals surface area (Å²) >= 11 is 5.80. The van der Waals surface area contributed by atoms with Crippen molar-refractivity contribution in [1.29, 1.82) is 0 Å². The normalized spacial score (nSPS) is 10.0. The fourth-order valence-corrected chi connectivity index (χ4v) is 1.53. The van der Waals surface area contributed by atoms with Gasteiger partial charge >= 0.3 is 0 Å². The maximum Gasteiger partial charge on any atom is 0.256 e. The van der Waals surface area contributed by atoms with E-state index in [1.165, 1.54) is 0 Å². The first kappa shape index (κ1) is 11.6. The highest BCUT2D eigenvalue weighted by Crippen LogP contribution is 2.13. The van der Waals surface area contributed by atoms with Gasteiger partial charge in [-0.2, -0.15) is 0 Å². The fourth-order valence-electron chi connectivity index (χ4n) is 1.37. The van der Waals surface area contributed by atoms with Crippen LogP contribution in [0, 0.1) is 6.92 Å². The second kappa shape index (κ2) is 4.97. The number of aryl methyl sites for hydroxylation is 1. The molecule has 0 bridgehead atoms. The van der Waals surface area contributed by atoms with Gasteiger partial charge in [0.25, 0.3) is 5.91 Å². The highest BCUT2D eigenvalue weighted by molar-refractivity contribution is 6.30. The molecular formula is C13H11ClN2O. The van der Waals surface area contributed by atoms with Gasteiger partial charge in [0.2, 0.25) is 0 Å². The maximum absolute atomic E-state index is 11.8. The first-order valence-electron chi connectivity index (χ1n) is 5.15. The number of hydrogen-bond acceptors (Lipinski definition) is 2. The van der Waals surface area contributed by atoms with Crippen molar-refractivity contribution in [2.45, 2.75) is 6.92 Å². The molecule has 1 amide bonds. The van der Waals surface area contributed by atoms with Crippen LogP contribution in [0.3, 0.4) is 0 Å². The second-order valence-corrected chi connectivity index (χ2v) is 4.12. The molecule has 0 atom stereocenters. The Hall–Kier alpha value is -1.87. The van der Waals surface area contributed by atoms with Crippen LogP contribution in [-0.4, -0.2) is 10.9 Å². The van der Waals surface area contributed by atoms with Crippen LogP contribution >= 0.6 is 11.6 Å². The number of rotatable bonds is 2. The number of benzene rings is 1. The van der Waals surface area contributed by atoms with Crippen molar-refractivity contribution in [1.82, 2.24) is 4.98 Å². The molecule has 0 aliphatic heterocycles. The summed E-state index contributed by atoms with van der Waals surface area (Å²) in [5.74, 6) is 0.253. The monoisotopic (exact) mass is 246 g/mol. The van der Waals surface area contributed by atoms with Gasteiger partial charge in [-0.3, -0.25) is 4.79 Å². The minimum absolute atomic E-state index is 0.195. The summed E-state index contributed by atoms with van der Waals surface area (Å²) in [6.07, 6.45) is 1.55. The number of amides is 1. The summed E-state index contributed by atoms with van der Waals surface area (Å²) < 4.78 is 0. The van der Waals surface area contributed by atoms with Gasteiger partial charge in [0.15, 0.2) is 0 Å². The predicted molar refractivity (Wildman–Crippen MR) is 68.4 cm³/mol. The van der Waals surface area contributed by atoms with E-state index in [-0.39, 0.29) is 5.91 Å². The summed E-state index contributed by atoms with van der Waals surface area (Å²) in [7, 11) is 0. The Balaban J connectivity index is 2.14. The lowest BCUT2D eigenvalue weighted by molar-refractivity contribution is 0.102. The highest BCUT2D eigenvalue weighted by Gasteiger charge is 2.06. The Morgan fingerprint density at radius 3 is 2.59 bits per heavy atom. The smallest absolute Gasteiger partial charge is 0.256 e. The fraction of sp³-hybridized carbons (Fsp3) is 0.0769. The summed E-state index contributed by atoms with van der Waals surface area (Å²) in [4.78, 5) is 15.8. The van der Waals surface area contributed by atoms with Crippen molar-refractivity contribution in [3.05, 3.63) is 58.7 Å². The standard InChI is InChI=1S/C13H11ClN2O/c1-9-2-4-10(5-3-9)13(17)16-12-8-11(14)6-7-15-12/h2-8H,1H3,(H,15,16,17).